The quantitative estimate of drug-likeness (QED) is 0.664. The van der Waals surface area contributed by atoms with E-state index in [0.717, 1.165) is 40.3 Å². The van der Waals surface area contributed by atoms with Gasteiger partial charge in [0.1, 0.15) is 5.82 Å². The largest absolute Gasteiger partial charge is 0.365 e. The van der Waals surface area contributed by atoms with E-state index >= 15 is 0 Å². The molecule has 0 atom stereocenters. The number of nitrogens with one attached hydrogen (secondary N) is 1. The Morgan fingerprint density at radius 3 is 3.05 bits per heavy atom. The van der Waals surface area contributed by atoms with Gasteiger partial charge in [0.15, 0.2) is 5.65 Å². The molecule has 0 aromatic carbocycles. The zero-order valence-corrected chi connectivity index (χ0v) is 10.5. The monoisotopic (exact) mass is 248 g/mol. The van der Waals surface area contributed by atoms with Gasteiger partial charge in [-0.05, 0) is 42.8 Å². The molecule has 0 fully saturated rings. The third kappa shape index (κ3) is 1.57. The minimum atomic E-state index is 0.761. The number of anilines is 1. The Kier molecular flexibility index (Phi) is 2.06. The van der Waals surface area contributed by atoms with Crippen molar-refractivity contribution >= 4 is 16.9 Å². The van der Waals surface area contributed by atoms with Crippen molar-refractivity contribution in [2.24, 2.45) is 0 Å². The molecule has 1 aliphatic heterocycles. The molecule has 0 saturated carbocycles. The molecule has 1 aliphatic rings. The summed E-state index contributed by atoms with van der Waals surface area (Å²) in [5.41, 5.74) is 5.04. The average molecular weight is 248 g/mol. The summed E-state index contributed by atoms with van der Waals surface area (Å²) in [5, 5.41) is 4.43. The first kappa shape index (κ1) is 10.4. The molecule has 3 aromatic rings. The van der Waals surface area contributed by atoms with Crippen LogP contribution in [0.2, 0.25) is 0 Å². The van der Waals surface area contributed by atoms with Crippen molar-refractivity contribution in [1.82, 2.24) is 15.0 Å². The second kappa shape index (κ2) is 3.75. The van der Waals surface area contributed by atoms with E-state index in [1.54, 1.807) is 6.20 Å². The highest BCUT2D eigenvalue weighted by molar-refractivity contribution is 5.85. The Balaban J connectivity index is 2.02. The minimum absolute atomic E-state index is 0.761. The number of rotatable bonds is 0. The first-order valence-corrected chi connectivity index (χ1v) is 6.28. The van der Waals surface area contributed by atoms with Gasteiger partial charge in [-0.15, -0.1) is 0 Å². The molecule has 0 radical (unpaired) electrons. The standard InChI is InChI=1S/C15H12N4/c1-9-4-5-12-13-11(8-17-15(12)18-9)7-10-3-2-6-16-14(10)19-13/h2-7H,8H2,1H3,(H,17,18). The summed E-state index contributed by atoms with van der Waals surface area (Å²) in [4.78, 5) is 13.5. The van der Waals surface area contributed by atoms with Gasteiger partial charge in [0.25, 0.3) is 0 Å². The number of hydrogen-bond acceptors (Lipinski definition) is 4. The molecule has 4 rings (SSSR count). The number of hydrogen-bond donors (Lipinski definition) is 1. The van der Waals surface area contributed by atoms with Crippen molar-refractivity contribution in [3.63, 3.8) is 0 Å². The van der Waals surface area contributed by atoms with E-state index in [2.05, 4.69) is 27.4 Å². The van der Waals surface area contributed by atoms with E-state index in [4.69, 9.17) is 4.98 Å². The number of nitrogens with zero attached hydrogens (tertiary/aromatic N) is 3. The van der Waals surface area contributed by atoms with Gasteiger partial charge >= 0.3 is 0 Å². The van der Waals surface area contributed by atoms with Crippen molar-refractivity contribution < 1.29 is 0 Å². The normalized spacial score (nSPS) is 12.7. The second-order valence-electron chi connectivity index (χ2n) is 4.75. The van der Waals surface area contributed by atoms with Crippen LogP contribution in [0, 0.1) is 6.92 Å². The summed E-state index contributed by atoms with van der Waals surface area (Å²) in [6, 6.07) is 10.2. The zero-order valence-electron chi connectivity index (χ0n) is 10.5. The van der Waals surface area contributed by atoms with E-state index in [9.17, 15) is 0 Å². The summed E-state index contributed by atoms with van der Waals surface area (Å²) in [7, 11) is 0. The molecule has 1 N–H and O–H groups in total. The van der Waals surface area contributed by atoms with Crippen LogP contribution in [0.25, 0.3) is 22.3 Å². The van der Waals surface area contributed by atoms with Crippen LogP contribution in [0.4, 0.5) is 5.82 Å². The van der Waals surface area contributed by atoms with Gasteiger partial charge in [-0.3, -0.25) is 0 Å². The van der Waals surface area contributed by atoms with Crippen LogP contribution in [0.1, 0.15) is 11.3 Å². The van der Waals surface area contributed by atoms with E-state index in [-0.39, 0.29) is 0 Å². The lowest BCUT2D eigenvalue weighted by Gasteiger charge is -2.20. The van der Waals surface area contributed by atoms with Crippen LogP contribution in [-0.4, -0.2) is 15.0 Å². The smallest absolute Gasteiger partial charge is 0.159 e. The lowest BCUT2D eigenvalue weighted by molar-refractivity contribution is 1.05. The van der Waals surface area contributed by atoms with Crippen LogP contribution in [-0.2, 0) is 6.54 Å². The third-order valence-corrected chi connectivity index (χ3v) is 3.40. The number of pyridine rings is 3. The van der Waals surface area contributed by atoms with Crippen molar-refractivity contribution in [3.05, 3.63) is 47.8 Å². The molecule has 3 aromatic heterocycles. The molecule has 0 aliphatic carbocycles. The maximum absolute atomic E-state index is 4.70. The second-order valence-corrected chi connectivity index (χ2v) is 4.75. The first-order chi connectivity index (χ1) is 9.31. The Labute approximate surface area is 110 Å². The molecule has 0 saturated heterocycles. The van der Waals surface area contributed by atoms with E-state index in [0.29, 0.717) is 0 Å². The van der Waals surface area contributed by atoms with Crippen LogP contribution in [0.5, 0.6) is 0 Å². The third-order valence-electron chi connectivity index (χ3n) is 3.40. The van der Waals surface area contributed by atoms with Crippen LogP contribution < -0.4 is 5.32 Å². The van der Waals surface area contributed by atoms with Gasteiger partial charge in [-0.2, -0.15) is 0 Å². The fraction of sp³-hybridized carbons (Fsp3) is 0.133. The lowest BCUT2D eigenvalue weighted by Crippen LogP contribution is -2.12. The van der Waals surface area contributed by atoms with E-state index < -0.39 is 0 Å². The van der Waals surface area contributed by atoms with Crippen molar-refractivity contribution in [1.29, 1.82) is 0 Å². The van der Waals surface area contributed by atoms with Crippen molar-refractivity contribution in [2.75, 3.05) is 5.32 Å². The summed E-state index contributed by atoms with van der Waals surface area (Å²) >= 11 is 0. The number of aryl methyl sites for hydroxylation is 1. The molecular formula is C15H12N4. The van der Waals surface area contributed by atoms with Gasteiger partial charge in [-0.1, -0.05) is 0 Å². The SMILES string of the molecule is Cc1ccc2c(n1)NCc1cc3cccnc3nc1-2. The molecule has 4 heterocycles. The predicted molar refractivity (Wildman–Crippen MR) is 74.8 cm³/mol. The van der Waals surface area contributed by atoms with E-state index in [1.807, 2.05) is 25.1 Å². The summed E-state index contributed by atoms with van der Waals surface area (Å²) in [6.45, 7) is 2.75. The molecule has 4 heteroatoms. The zero-order chi connectivity index (χ0) is 12.8. The fourth-order valence-corrected chi connectivity index (χ4v) is 2.48. The molecule has 0 unspecified atom stereocenters. The molecular weight excluding hydrogens is 236 g/mol. The summed E-state index contributed by atoms with van der Waals surface area (Å²) in [6.07, 6.45) is 1.77. The lowest BCUT2D eigenvalue weighted by atomic mass is 10.0. The van der Waals surface area contributed by atoms with Crippen LogP contribution in [0.3, 0.4) is 0 Å². The van der Waals surface area contributed by atoms with Gasteiger partial charge in [0.05, 0.1) is 5.69 Å². The van der Waals surface area contributed by atoms with Crippen LogP contribution >= 0.6 is 0 Å². The highest BCUT2D eigenvalue weighted by Gasteiger charge is 2.19. The molecule has 0 spiro atoms. The molecule has 92 valence electrons. The Bertz CT molecular complexity index is 795. The Hall–Kier alpha value is -2.49. The number of fused-ring (bicyclic) bond motifs is 4. The highest BCUT2D eigenvalue weighted by Crippen LogP contribution is 2.34. The molecule has 0 amide bonds. The van der Waals surface area contributed by atoms with E-state index in [1.165, 1.54) is 5.56 Å². The Morgan fingerprint density at radius 1 is 1.16 bits per heavy atom. The molecule has 19 heavy (non-hydrogen) atoms. The number of aromatic nitrogens is 3. The van der Waals surface area contributed by atoms with Crippen molar-refractivity contribution in [2.45, 2.75) is 13.5 Å². The molecule has 0 bridgehead atoms. The predicted octanol–water partition coefficient (Wildman–Crippen LogP) is 2.93. The maximum Gasteiger partial charge on any atom is 0.159 e. The van der Waals surface area contributed by atoms with Crippen molar-refractivity contribution in [3.8, 4) is 11.3 Å². The van der Waals surface area contributed by atoms with Gasteiger partial charge < -0.3 is 5.32 Å². The molecule has 4 nitrogen and oxygen atoms in total. The van der Waals surface area contributed by atoms with Gasteiger partial charge in [0, 0.05) is 29.4 Å². The van der Waals surface area contributed by atoms with Gasteiger partial charge in [0.2, 0.25) is 0 Å². The van der Waals surface area contributed by atoms with Crippen LogP contribution in [0.15, 0.2) is 36.5 Å². The Morgan fingerprint density at radius 2 is 2.11 bits per heavy atom. The summed E-state index contributed by atoms with van der Waals surface area (Å²) < 4.78 is 0. The average Bonchev–Trinajstić information content (AvgIpc) is 2.44. The highest BCUT2D eigenvalue weighted by atomic mass is 15.0. The summed E-state index contributed by atoms with van der Waals surface area (Å²) in [5.74, 6) is 0.912. The topological polar surface area (TPSA) is 50.7 Å². The van der Waals surface area contributed by atoms with Gasteiger partial charge in [-0.25, -0.2) is 15.0 Å². The minimum Gasteiger partial charge on any atom is -0.365 e. The maximum atomic E-state index is 4.70. The first-order valence-electron chi connectivity index (χ1n) is 6.28. The fourth-order valence-electron chi connectivity index (χ4n) is 2.48.